The van der Waals surface area contributed by atoms with E-state index < -0.39 is 11.2 Å². The highest BCUT2D eigenvalue weighted by Gasteiger charge is 2.49. The van der Waals surface area contributed by atoms with Crippen molar-refractivity contribution in [3.63, 3.8) is 0 Å². The van der Waals surface area contributed by atoms with Gasteiger partial charge in [-0.2, -0.15) is 0 Å². The highest BCUT2D eigenvalue weighted by molar-refractivity contribution is 5.78. The molecule has 2 atom stereocenters. The summed E-state index contributed by atoms with van der Waals surface area (Å²) < 4.78 is 17.9. The molecule has 0 aliphatic carbocycles. The first kappa shape index (κ1) is 22.9. The molecule has 3 aliphatic heterocycles. The molecule has 176 valence electrons. The molecule has 1 aromatic carbocycles. The molecule has 0 radical (unpaired) electrons. The van der Waals surface area contributed by atoms with E-state index in [0.717, 1.165) is 17.7 Å². The van der Waals surface area contributed by atoms with Gasteiger partial charge in [0.25, 0.3) is 5.91 Å². The van der Waals surface area contributed by atoms with Gasteiger partial charge in [-0.3, -0.25) is 9.59 Å². The summed E-state index contributed by atoms with van der Waals surface area (Å²) in [7, 11) is 0. The van der Waals surface area contributed by atoms with Crippen LogP contribution >= 0.6 is 0 Å². The average Bonchev–Trinajstić information content (AvgIpc) is 3.04. The van der Waals surface area contributed by atoms with E-state index in [4.69, 9.17) is 14.2 Å². The maximum absolute atomic E-state index is 12.8. The zero-order valence-electron chi connectivity index (χ0n) is 19.4. The molecule has 2 amide bonds. The Labute approximate surface area is 189 Å². The fourth-order valence-corrected chi connectivity index (χ4v) is 4.95. The molecule has 2 fully saturated rings. The van der Waals surface area contributed by atoms with Crippen LogP contribution in [0.3, 0.4) is 0 Å². The first-order valence-electron chi connectivity index (χ1n) is 11.3. The zero-order valence-corrected chi connectivity index (χ0v) is 19.4. The number of carbonyl (C=O) groups is 2. The Hall–Kier alpha value is -2.32. The SMILES string of the molecule is CC(=O)N[C@H]1CC2(CCN(C(=O)COc3cccc4c3OC(C)(C)C4)CC2)OC[C@]1(C)O. The van der Waals surface area contributed by atoms with Crippen LogP contribution in [0.1, 0.15) is 52.5 Å². The van der Waals surface area contributed by atoms with Gasteiger partial charge in [0.05, 0.1) is 18.2 Å². The van der Waals surface area contributed by atoms with Crippen LogP contribution in [0.5, 0.6) is 11.5 Å². The second-order valence-electron chi connectivity index (χ2n) is 10.2. The fraction of sp³-hybridized carbons (Fsp3) is 0.667. The second kappa shape index (κ2) is 8.23. The number of piperidine rings is 1. The summed E-state index contributed by atoms with van der Waals surface area (Å²) in [6.07, 6.45) is 2.65. The highest BCUT2D eigenvalue weighted by atomic mass is 16.5. The highest BCUT2D eigenvalue weighted by Crippen LogP contribution is 2.42. The third kappa shape index (κ3) is 4.71. The number of nitrogens with zero attached hydrogens (tertiary/aromatic N) is 1. The predicted molar refractivity (Wildman–Crippen MR) is 118 cm³/mol. The van der Waals surface area contributed by atoms with E-state index in [2.05, 4.69) is 5.32 Å². The van der Waals surface area contributed by atoms with Gasteiger partial charge in [-0.1, -0.05) is 12.1 Å². The Morgan fingerprint density at radius 1 is 1.25 bits per heavy atom. The normalized spacial score (nSPS) is 28.0. The number of ether oxygens (including phenoxy) is 3. The van der Waals surface area contributed by atoms with Crippen molar-refractivity contribution in [1.82, 2.24) is 10.2 Å². The number of aliphatic hydroxyl groups is 1. The Bertz CT molecular complexity index is 888. The first-order valence-corrected chi connectivity index (χ1v) is 11.3. The monoisotopic (exact) mass is 446 g/mol. The summed E-state index contributed by atoms with van der Waals surface area (Å²) in [5.41, 5.74) is -0.720. The average molecular weight is 447 g/mol. The van der Waals surface area contributed by atoms with E-state index in [1.807, 2.05) is 32.0 Å². The van der Waals surface area contributed by atoms with Crippen molar-refractivity contribution in [3.05, 3.63) is 23.8 Å². The van der Waals surface area contributed by atoms with Crippen molar-refractivity contribution in [2.24, 2.45) is 0 Å². The Kier molecular flexibility index (Phi) is 5.88. The summed E-state index contributed by atoms with van der Waals surface area (Å²) in [6.45, 7) is 8.42. The number of hydrogen-bond donors (Lipinski definition) is 2. The third-order valence-corrected chi connectivity index (χ3v) is 6.81. The molecule has 2 N–H and O–H groups in total. The van der Waals surface area contributed by atoms with Crippen LogP contribution in [-0.2, 0) is 20.7 Å². The van der Waals surface area contributed by atoms with Crippen LogP contribution in [0.4, 0.5) is 0 Å². The van der Waals surface area contributed by atoms with Gasteiger partial charge in [0.15, 0.2) is 18.1 Å². The van der Waals surface area contributed by atoms with Crippen molar-refractivity contribution in [2.75, 3.05) is 26.3 Å². The summed E-state index contributed by atoms with van der Waals surface area (Å²) in [5.74, 6) is 1.09. The lowest BCUT2D eigenvalue weighted by Gasteiger charge is -2.50. The van der Waals surface area contributed by atoms with Crippen molar-refractivity contribution in [1.29, 1.82) is 0 Å². The molecule has 32 heavy (non-hydrogen) atoms. The van der Waals surface area contributed by atoms with E-state index >= 15 is 0 Å². The summed E-state index contributed by atoms with van der Waals surface area (Å²) in [6, 6.07) is 5.42. The summed E-state index contributed by atoms with van der Waals surface area (Å²) >= 11 is 0. The molecular formula is C24H34N2O6. The van der Waals surface area contributed by atoms with Gasteiger partial charge in [0.2, 0.25) is 5.91 Å². The summed E-state index contributed by atoms with van der Waals surface area (Å²) in [4.78, 5) is 26.2. The zero-order chi connectivity index (χ0) is 23.1. The van der Waals surface area contributed by atoms with Crippen molar-refractivity contribution in [3.8, 4) is 11.5 Å². The summed E-state index contributed by atoms with van der Waals surface area (Å²) in [5, 5.41) is 13.4. The Morgan fingerprint density at radius 3 is 2.66 bits per heavy atom. The molecule has 0 bridgehead atoms. The maximum Gasteiger partial charge on any atom is 0.260 e. The molecule has 0 aromatic heterocycles. The van der Waals surface area contributed by atoms with E-state index in [0.29, 0.717) is 38.1 Å². The lowest BCUT2D eigenvalue weighted by Crippen LogP contribution is -2.64. The van der Waals surface area contributed by atoms with Crippen LogP contribution in [0.15, 0.2) is 18.2 Å². The molecule has 1 aromatic rings. The molecular weight excluding hydrogens is 412 g/mol. The fourth-order valence-electron chi connectivity index (χ4n) is 4.95. The van der Waals surface area contributed by atoms with Gasteiger partial charge in [0, 0.05) is 32.0 Å². The molecule has 4 rings (SSSR count). The molecule has 8 heteroatoms. The van der Waals surface area contributed by atoms with E-state index in [-0.39, 0.29) is 36.7 Å². The van der Waals surface area contributed by atoms with Crippen LogP contribution in [-0.4, -0.2) is 71.0 Å². The second-order valence-corrected chi connectivity index (χ2v) is 10.2. The minimum atomic E-state index is -1.11. The topological polar surface area (TPSA) is 97.3 Å². The maximum atomic E-state index is 12.8. The number of hydrogen-bond acceptors (Lipinski definition) is 6. The van der Waals surface area contributed by atoms with E-state index in [1.54, 1.807) is 11.8 Å². The third-order valence-electron chi connectivity index (χ3n) is 6.81. The largest absolute Gasteiger partial charge is 0.483 e. The number of carbonyl (C=O) groups excluding carboxylic acids is 2. The van der Waals surface area contributed by atoms with Gasteiger partial charge in [-0.15, -0.1) is 0 Å². The molecule has 2 saturated heterocycles. The molecule has 0 unspecified atom stereocenters. The van der Waals surface area contributed by atoms with Crippen molar-refractivity contribution in [2.45, 2.75) is 76.2 Å². The quantitative estimate of drug-likeness (QED) is 0.732. The standard InChI is InChI=1S/C24H34N2O6/c1-16(27)25-19-13-24(31-15-23(19,4)29)8-10-26(11-9-24)20(28)14-30-18-7-5-6-17-12-22(2,3)32-21(17)18/h5-7,19,29H,8-15H2,1-4H3,(H,25,27)/t19-,23-/m0/s1. The predicted octanol–water partition coefficient (Wildman–Crippen LogP) is 1.82. The Balaban J connectivity index is 1.32. The van der Waals surface area contributed by atoms with Gasteiger partial charge >= 0.3 is 0 Å². The van der Waals surface area contributed by atoms with Crippen molar-refractivity contribution < 1.29 is 28.9 Å². The number of nitrogens with one attached hydrogen (secondary N) is 1. The Morgan fingerprint density at radius 2 is 1.97 bits per heavy atom. The molecule has 3 aliphatic rings. The number of benzene rings is 1. The lowest BCUT2D eigenvalue weighted by atomic mass is 9.77. The van der Waals surface area contributed by atoms with Gasteiger partial charge in [-0.05, 0) is 46.1 Å². The number of fused-ring (bicyclic) bond motifs is 1. The minimum Gasteiger partial charge on any atom is -0.483 e. The van der Waals surface area contributed by atoms with Crippen molar-refractivity contribution >= 4 is 11.8 Å². The number of likely N-dealkylation sites (tertiary alicyclic amines) is 1. The smallest absolute Gasteiger partial charge is 0.260 e. The minimum absolute atomic E-state index is 0.0443. The van der Waals surface area contributed by atoms with Crippen LogP contribution in [0, 0.1) is 0 Å². The van der Waals surface area contributed by atoms with Crippen LogP contribution in [0.25, 0.3) is 0 Å². The number of para-hydroxylation sites is 1. The number of amides is 2. The van der Waals surface area contributed by atoms with Crippen LogP contribution < -0.4 is 14.8 Å². The van der Waals surface area contributed by atoms with Crippen LogP contribution in [0.2, 0.25) is 0 Å². The van der Waals surface area contributed by atoms with E-state index in [9.17, 15) is 14.7 Å². The first-order chi connectivity index (χ1) is 15.0. The molecule has 0 saturated carbocycles. The molecule has 8 nitrogen and oxygen atoms in total. The molecule has 3 heterocycles. The lowest BCUT2D eigenvalue weighted by molar-refractivity contribution is -0.194. The number of rotatable bonds is 4. The van der Waals surface area contributed by atoms with Gasteiger partial charge in [-0.25, -0.2) is 0 Å². The van der Waals surface area contributed by atoms with Gasteiger partial charge < -0.3 is 29.5 Å². The molecule has 1 spiro atoms. The van der Waals surface area contributed by atoms with Gasteiger partial charge in [0.1, 0.15) is 11.2 Å². The van der Waals surface area contributed by atoms with E-state index in [1.165, 1.54) is 6.92 Å².